The summed E-state index contributed by atoms with van der Waals surface area (Å²) in [5.74, 6) is 0. The van der Waals surface area contributed by atoms with Gasteiger partial charge >= 0.3 is 0 Å². The molecule has 3 aliphatic heterocycles. The molecule has 6 nitrogen and oxygen atoms in total. The fraction of sp³-hybridized carbons (Fsp3) is 0.625. The van der Waals surface area contributed by atoms with Crippen LogP contribution >= 0.6 is 15.9 Å². The molecular formula is C16H22BrNO5. The number of rotatable bonds is 4. The number of hydrogen-bond donors (Lipinski definition) is 3. The van der Waals surface area contributed by atoms with Crippen LogP contribution < -0.4 is 5.32 Å². The molecular weight excluding hydrogens is 366 g/mol. The number of ether oxygens (including phenoxy) is 3. The molecule has 128 valence electrons. The number of fused-ring (bicyclic) bond motifs is 6. The number of aliphatic hydroxyl groups excluding tert-OH is 2. The van der Waals surface area contributed by atoms with Crippen molar-refractivity contribution in [3.63, 3.8) is 0 Å². The van der Waals surface area contributed by atoms with E-state index in [9.17, 15) is 10.2 Å². The van der Waals surface area contributed by atoms with Gasteiger partial charge in [0.2, 0.25) is 0 Å². The van der Waals surface area contributed by atoms with Gasteiger partial charge in [0, 0.05) is 24.2 Å². The Labute approximate surface area is 143 Å². The minimum Gasteiger partial charge on any atom is -0.387 e. The average Bonchev–Trinajstić information content (AvgIpc) is 2.69. The summed E-state index contributed by atoms with van der Waals surface area (Å²) in [6.45, 7) is 2.11. The second-order valence-corrected chi connectivity index (χ2v) is 6.76. The standard InChI is InChI=1S/C16H22BrNO5/c17-11-4-2-10(3-5-11)8-18-9-12-15-13(19)14(20)16(23-12)22-7-1-6-21-15/h2-5,12-16,18-20H,1,6-9H2. The van der Waals surface area contributed by atoms with Crippen LogP contribution in [0.1, 0.15) is 12.0 Å². The zero-order chi connectivity index (χ0) is 16.2. The fourth-order valence-electron chi connectivity index (χ4n) is 2.85. The molecule has 0 saturated carbocycles. The van der Waals surface area contributed by atoms with E-state index in [0.717, 1.165) is 16.5 Å². The third-order valence-electron chi connectivity index (χ3n) is 4.11. The minimum absolute atomic E-state index is 0.369. The maximum absolute atomic E-state index is 10.2. The van der Waals surface area contributed by atoms with Gasteiger partial charge in [0.1, 0.15) is 24.4 Å². The van der Waals surface area contributed by atoms with Gasteiger partial charge < -0.3 is 29.7 Å². The van der Waals surface area contributed by atoms with E-state index in [1.807, 2.05) is 24.3 Å². The highest BCUT2D eigenvalue weighted by molar-refractivity contribution is 9.10. The first-order valence-corrected chi connectivity index (χ1v) is 8.64. The van der Waals surface area contributed by atoms with Crippen LogP contribution in [-0.4, -0.2) is 60.7 Å². The van der Waals surface area contributed by atoms with Gasteiger partial charge in [-0.25, -0.2) is 0 Å². The van der Waals surface area contributed by atoms with Crippen LogP contribution in [0.5, 0.6) is 0 Å². The van der Waals surface area contributed by atoms with Crippen molar-refractivity contribution >= 4 is 15.9 Å². The first-order chi connectivity index (χ1) is 11.1. The lowest BCUT2D eigenvalue weighted by Gasteiger charge is -2.41. The Hall–Kier alpha value is -0.540. The quantitative estimate of drug-likeness (QED) is 0.708. The normalized spacial score (nSPS) is 34.7. The van der Waals surface area contributed by atoms with Gasteiger partial charge in [0.15, 0.2) is 6.29 Å². The lowest BCUT2D eigenvalue weighted by atomic mass is 9.98. The van der Waals surface area contributed by atoms with E-state index in [1.165, 1.54) is 0 Å². The molecule has 0 amide bonds. The minimum atomic E-state index is -1.08. The lowest BCUT2D eigenvalue weighted by molar-refractivity contribution is -0.292. The Bertz CT molecular complexity index is 498. The van der Waals surface area contributed by atoms with Crippen molar-refractivity contribution in [1.29, 1.82) is 0 Å². The van der Waals surface area contributed by atoms with Crippen LogP contribution in [0.25, 0.3) is 0 Å². The first-order valence-electron chi connectivity index (χ1n) is 7.85. The Balaban J connectivity index is 1.58. The zero-order valence-electron chi connectivity index (χ0n) is 12.7. The SMILES string of the molecule is OC1C2OCCCOC(C(CNCc3ccc(Br)cc3)O2)C1O. The lowest BCUT2D eigenvalue weighted by Crippen LogP contribution is -2.60. The van der Waals surface area contributed by atoms with Crippen LogP contribution in [0, 0.1) is 0 Å². The molecule has 0 spiro atoms. The highest BCUT2D eigenvalue weighted by Gasteiger charge is 2.46. The van der Waals surface area contributed by atoms with E-state index in [-0.39, 0.29) is 6.10 Å². The van der Waals surface area contributed by atoms with Crippen molar-refractivity contribution in [2.24, 2.45) is 0 Å². The molecule has 3 aliphatic rings. The molecule has 4 rings (SSSR count). The summed E-state index contributed by atoms with van der Waals surface area (Å²) in [6.07, 6.45) is -3.10. The average molecular weight is 388 g/mol. The molecule has 0 aromatic heterocycles. The van der Waals surface area contributed by atoms with Gasteiger partial charge in [-0.15, -0.1) is 0 Å². The summed E-state index contributed by atoms with van der Waals surface area (Å²) in [6, 6.07) is 8.05. The van der Waals surface area contributed by atoms with E-state index in [0.29, 0.717) is 26.3 Å². The summed E-state index contributed by atoms with van der Waals surface area (Å²) in [4.78, 5) is 0. The number of benzene rings is 1. The maximum atomic E-state index is 10.2. The predicted molar refractivity (Wildman–Crippen MR) is 86.8 cm³/mol. The highest BCUT2D eigenvalue weighted by atomic mass is 79.9. The Kier molecular flexibility index (Phi) is 6.03. The molecule has 5 atom stereocenters. The summed E-state index contributed by atoms with van der Waals surface area (Å²) in [7, 11) is 0. The third-order valence-corrected chi connectivity index (χ3v) is 4.64. The molecule has 23 heavy (non-hydrogen) atoms. The third kappa shape index (κ3) is 4.30. The summed E-state index contributed by atoms with van der Waals surface area (Å²) < 4.78 is 18.0. The summed E-state index contributed by atoms with van der Waals surface area (Å²) in [5, 5.41) is 23.6. The first kappa shape index (κ1) is 17.3. The monoisotopic (exact) mass is 387 g/mol. The number of halogens is 1. The van der Waals surface area contributed by atoms with Crippen LogP contribution in [0.2, 0.25) is 0 Å². The van der Waals surface area contributed by atoms with Crippen LogP contribution in [0.4, 0.5) is 0 Å². The van der Waals surface area contributed by atoms with Crippen molar-refractivity contribution in [2.45, 2.75) is 43.7 Å². The van der Waals surface area contributed by atoms with Crippen molar-refractivity contribution in [3.8, 4) is 0 Å². The molecule has 3 N–H and O–H groups in total. The highest BCUT2D eigenvalue weighted by Crippen LogP contribution is 2.26. The molecule has 0 radical (unpaired) electrons. The molecule has 7 heteroatoms. The molecule has 0 aliphatic carbocycles. The van der Waals surface area contributed by atoms with E-state index in [1.54, 1.807) is 0 Å². The summed E-state index contributed by atoms with van der Waals surface area (Å²) >= 11 is 3.41. The second kappa shape index (κ2) is 8.02. The fourth-order valence-corrected chi connectivity index (χ4v) is 3.12. The van der Waals surface area contributed by atoms with Crippen LogP contribution in [0.15, 0.2) is 28.7 Å². The molecule has 3 fully saturated rings. The van der Waals surface area contributed by atoms with Crippen molar-refractivity contribution in [1.82, 2.24) is 5.32 Å². The molecule has 1 aromatic rings. The van der Waals surface area contributed by atoms with E-state index in [2.05, 4.69) is 21.2 Å². The van der Waals surface area contributed by atoms with Gasteiger partial charge in [-0.3, -0.25) is 0 Å². The smallest absolute Gasteiger partial charge is 0.186 e. The zero-order valence-corrected chi connectivity index (χ0v) is 14.3. The van der Waals surface area contributed by atoms with Gasteiger partial charge in [0.05, 0.1) is 6.61 Å². The molecule has 2 bridgehead atoms. The van der Waals surface area contributed by atoms with Gasteiger partial charge in [0.25, 0.3) is 0 Å². The summed E-state index contributed by atoms with van der Waals surface area (Å²) in [5.41, 5.74) is 1.15. The number of nitrogens with one attached hydrogen (secondary N) is 1. The molecule has 3 heterocycles. The van der Waals surface area contributed by atoms with Crippen molar-refractivity contribution < 1.29 is 24.4 Å². The maximum Gasteiger partial charge on any atom is 0.186 e. The largest absolute Gasteiger partial charge is 0.387 e. The topological polar surface area (TPSA) is 80.2 Å². The van der Waals surface area contributed by atoms with E-state index >= 15 is 0 Å². The van der Waals surface area contributed by atoms with Crippen molar-refractivity contribution in [3.05, 3.63) is 34.3 Å². The Morgan fingerprint density at radius 3 is 2.61 bits per heavy atom. The molecule has 5 unspecified atom stereocenters. The molecule has 3 saturated heterocycles. The van der Waals surface area contributed by atoms with Crippen LogP contribution in [-0.2, 0) is 20.8 Å². The Morgan fingerprint density at radius 1 is 1.09 bits per heavy atom. The number of aliphatic hydroxyl groups is 2. The van der Waals surface area contributed by atoms with E-state index in [4.69, 9.17) is 14.2 Å². The van der Waals surface area contributed by atoms with Crippen molar-refractivity contribution in [2.75, 3.05) is 19.8 Å². The second-order valence-electron chi connectivity index (χ2n) is 5.84. The van der Waals surface area contributed by atoms with Gasteiger partial charge in [-0.2, -0.15) is 0 Å². The van der Waals surface area contributed by atoms with Gasteiger partial charge in [-0.1, -0.05) is 28.1 Å². The van der Waals surface area contributed by atoms with Gasteiger partial charge in [-0.05, 0) is 24.1 Å². The predicted octanol–water partition coefficient (Wildman–Crippen LogP) is 0.791. The molecule has 1 aromatic carbocycles. The van der Waals surface area contributed by atoms with E-state index < -0.39 is 24.6 Å². The van der Waals surface area contributed by atoms with Crippen LogP contribution in [0.3, 0.4) is 0 Å². The Morgan fingerprint density at radius 2 is 1.83 bits per heavy atom. The number of hydrogen-bond acceptors (Lipinski definition) is 6.